The van der Waals surface area contributed by atoms with Crippen molar-refractivity contribution in [2.45, 2.75) is 25.6 Å². The van der Waals surface area contributed by atoms with Crippen molar-refractivity contribution in [3.8, 4) is 0 Å². The maximum atomic E-state index is 12.4. The lowest BCUT2D eigenvalue weighted by Gasteiger charge is -2.40. The van der Waals surface area contributed by atoms with E-state index in [1.165, 1.54) is 4.90 Å². The number of imide groups is 1. The number of nitrogens with two attached hydrogens (primary N) is 1. The molecule has 0 spiro atoms. The number of nitrogens with zero attached hydrogens (tertiary/aromatic N) is 5. The van der Waals surface area contributed by atoms with Gasteiger partial charge < -0.3 is 20.4 Å². The minimum atomic E-state index is -0.494. The molecule has 25 heavy (non-hydrogen) atoms. The van der Waals surface area contributed by atoms with Crippen molar-refractivity contribution in [3.63, 3.8) is 0 Å². The Morgan fingerprint density at radius 1 is 1.28 bits per heavy atom. The highest BCUT2D eigenvalue weighted by Gasteiger charge is 2.49. The lowest BCUT2D eigenvalue weighted by Crippen LogP contribution is -2.64. The van der Waals surface area contributed by atoms with Crippen LogP contribution in [0.25, 0.3) is 0 Å². The van der Waals surface area contributed by atoms with Gasteiger partial charge in [-0.15, -0.1) is 0 Å². The number of primary amides is 1. The summed E-state index contributed by atoms with van der Waals surface area (Å²) >= 11 is 0. The predicted octanol–water partition coefficient (Wildman–Crippen LogP) is -1.95. The number of likely N-dealkylation sites (N-methyl/N-ethyl adjacent to an activating group) is 1. The molecule has 2 saturated heterocycles. The molecular formula is C15H25N7O3. The molecular weight excluding hydrogens is 326 g/mol. The van der Waals surface area contributed by atoms with E-state index in [0.717, 1.165) is 12.4 Å². The summed E-state index contributed by atoms with van der Waals surface area (Å²) in [5.41, 5.74) is 5.26. The van der Waals surface area contributed by atoms with Gasteiger partial charge in [-0.3, -0.25) is 19.8 Å². The van der Waals surface area contributed by atoms with E-state index in [9.17, 15) is 14.4 Å². The van der Waals surface area contributed by atoms with Gasteiger partial charge in [-0.2, -0.15) is 0 Å². The lowest BCUT2D eigenvalue weighted by molar-refractivity contribution is -0.127. The number of nitrogens with one attached hydrogen (secondary N) is 1. The van der Waals surface area contributed by atoms with Gasteiger partial charge in [0.15, 0.2) is 18.2 Å². The van der Waals surface area contributed by atoms with E-state index in [0.29, 0.717) is 32.7 Å². The van der Waals surface area contributed by atoms with E-state index < -0.39 is 18.2 Å². The van der Waals surface area contributed by atoms with Crippen LogP contribution in [-0.4, -0.2) is 102 Å². The average Bonchev–Trinajstić information content (AvgIpc) is 2.93. The molecule has 0 aromatic heterocycles. The van der Waals surface area contributed by atoms with Crippen LogP contribution in [-0.2, 0) is 9.59 Å². The van der Waals surface area contributed by atoms with Crippen LogP contribution in [0, 0.1) is 0 Å². The molecule has 0 aliphatic carbocycles. The number of piperazine rings is 1. The number of rotatable bonds is 4. The zero-order valence-corrected chi connectivity index (χ0v) is 14.6. The normalized spacial score (nSPS) is 27.3. The van der Waals surface area contributed by atoms with Crippen molar-refractivity contribution in [1.29, 1.82) is 0 Å². The molecule has 2 atom stereocenters. The first-order chi connectivity index (χ1) is 11.9. The van der Waals surface area contributed by atoms with Crippen molar-refractivity contribution in [3.05, 3.63) is 0 Å². The molecule has 10 heteroatoms. The van der Waals surface area contributed by atoms with Crippen LogP contribution in [0.4, 0.5) is 4.79 Å². The largest absolute Gasteiger partial charge is 0.369 e. The minimum absolute atomic E-state index is 0.254. The number of urea groups is 1. The van der Waals surface area contributed by atoms with Crippen LogP contribution >= 0.6 is 0 Å². The fourth-order valence-electron chi connectivity index (χ4n) is 3.58. The van der Waals surface area contributed by atoms with Gasteiger partial charge in [0.25, 0.3) is 5.91 Å². The Hall–Kier alpha value is -2.36. The maximum Gasteiger partial charge on any atom is 0.325 e. The highest BCUT2D eigenvalue weighted by Crippen LogP contribution is 2.26. The Labute approximate surface area is 146 Å². The number of amides is 4. The van der Waals surface area contributed by atoms with Crippen LogP contribution < -0.4 is 11.1 Å². The Morgan fingerprint density at radius 3 is 2.56 bits per heavy atom. The number of aliphatic imine (C=N–C) groups is 1. The molecule has 0 saturated carbocycles. The topological polar surface area (TPSA) is 115 Å². The van der Waals surface area contributed by atoms with Crippen LogP contribution in [0.1, 0.15) is 13.3 Å². The summed E-state index contributed by atoms with van der Waals surface area (Å²) in [7, 11) is 1.65. The van der Waals surface area contributed by atoms with E-state index in [4.69, 9.17) is 10.7 Å². The van der Waals surface area contributed by atoms with E-state index >= 15 is 0 Å². The van der Waals surface area contributed by atoms with Crippen LogP contribution in [0.15, 0.2) is 4.99 Å². The van der Waals surface area contributed by atoms with Gasteiger partial charge in [0.05, 0.1) is 6.54 Å². The second-order valence-electron chi connectivity index (χ2n) is 6.62. The minimum Gasteiger partial charge on any atom is -0.369 e. The Kier molecular flexibility index (Phi) is 4.80. The molecule has 0 bridgehead atoms. The summed E-state index contributed by atoms with van der Waals surface area (Å²) in [5, 5.41) is 2.40. The molecule has 3 N–H and O–H groups in total. The van der Waals surface area contributed by atoms with Gasteiger partial charge in [0, 0.05) is 39.8 Å². The van der Waals surface area contributed by atoms with Gasteiger partial charge in [-0.25, -0.2) is 9.79 Å². The standard InChI is InChI=1S/C15H25N7O3/c1-3-4-22-11-12(19(2)15(25)18-13(11)24)17-14(22)21-7-5-20(6-8-21)9-10(16)23/h11-12H,3-9H2,1-2H3,(H2,16,23)(H,18,24,25). The van der Waals surface area contributed by atoms with Crippen LogP contribution in [0.2, 0.25) is 0 Å². The first-order valence-electron chi connectivity index (χ1n) is 8.60. The SMILES string of the molecule is CCCN1C(N2CCN(CC(N)=O)CC2)=NC2C1C(=O)NC(=O)N2C. The third kappa shape index (κ3) is 3.26. The quantitative estimate of drug-likeness (QED) is 0.608. The summed E-state index contributed by atoms with van der Waals surface area (Å²) < 4.78 is 0. The van der Waals surface area contributed by atoms with Crippen LogP contribution in [0.5, 0.6) is 0 Å². The fourth-order valence-corrected chi connectivity index (χ4v) is 3.58. The second-order valence-corrected chi connectivity index (χ2v) is 6.62. The molecule has 0 aromatic carbocycles. The van der Waals surface area contributed by atoms with Crippen molar-refractivity contribution in [2.24, 2.45) is 10.7 Å². The monoisotopic (exact) mass is 351 g/mol. The number of carbonyl (C=O) groups is 3. The number of hydrogen-bond donors (Lipinski definition) is 2. The summed E-state index contributed by atoms with van der Waals surface area (Å²) in [4.78, 5) is 47.6. The zero-order chi connectivity index (χ0) is 18.1. The molecule has 0 aromatic rings. The average molecular weight is 351 g/mol. The molecule has 3 aliphatic rings. The first-order valence-corrected chi connectivity index (χ1v) is 8.60. The number of guanidine groups is 1. The summed E-state index contributed by atoms with van der Waals surface area (Å²) in [6.07, 6.45) is 0.376. The van der Waals surface area contributed by atoms with Crippen molar-refractivity contribution < 1.29 is 14.4 Å². The molecule has 138 valence electrons. The molecule has 2 fully saturated rings. The van der Waals surface area contributed by atoms with Crippen LogP contribution in [0.3, 0.4) is 0 Å². The predicted molar refractivity (Wildman–Crippen MR) is 90.5 cm³/mol. The molecule has 3 rings (SSSR count). The van der Waals surface area contributed by atoms with E-state index in [2.05, 4.69) is 10.2 Å². The number of hydrogen-bond acceptors (Lipinski definition) is 7. The molecule has 3 heterocycles. The van der Waals surface area contributed by atoms with E-state index in [1.807, 2.05) is 16.7 Å². The van der Waals surface area contributed by atoms with Crippen molar-refractivity contribution >= 4 is 23.8 Å². The Morgan fingerprint density at radius 2 is 1.96 bits per heavy atom. The fraction of sp³-hybridized carbons (Fsp3) is 0.733. The lowest BCUT2D eigenvalue weighted by atomic mass is 10.1. The third-order valence-corrected chi connectivity index (χ3v) is 4.84. The Bertz CT molecular complexity index is 600. The zero-order valence-electron chi connectivity index (χ0n) is 14.6. The summed E-state index contributed by atoms with van der Waals surface area (Å²) in [6.45, 7) is 5.80. The van der Waals surface area contributed by atoms with Gasteiger partial charge in [0.1, 0.15) is 0 Å². The Balaban J connectivity index is 1.76. The van der Waals surface area contributed by atoms with Crippen molar-refractivity contribution in [2.75, 3.05) is 46.3 Å². The first kappa shape index (κ1) is 17.5. The summed E-state index contributed by atoms with van der Waals surface area (Å²) in [6, 6.07) is -0.903. The highest BCUT2D eigenvalue weighted by molar-refractivity contribution is 6.03. The molecule has 10 nitrogen and oxygen atoms in total. The van der Waals surface area contributed by atoms with Gasteiger partial charge in [-0.1, -0.05) is 6.92 Å². The number of fused-ring (bicyclic) bond motifs is 1. The highest BCUT2D eigenvalue weighted by atomic mass is 16.2. The van der Waals surface area contributed by atoms with E-state index in [-0.39, 0.29) is 18.4 Å². The third-order valence-electron chi connectivity index (χ3n) is 4.84. The number of carbonyl (C=O) groups excluding carboxylic acids is 3. The molecule has 4 amide bonds. The van der Waals surface area contributed by atoms with Gasteiger partial charge >= 0.3 is 6.03 Å². The van der Waals surface area contributed by atoms with Gasteiger partial charge in [-0.05, 0) is 6.42 Å². The molecule has 0 radical (unpaired) electrons. The molecule has 3 aliphatic heterocycles. The van der Waals surface area contributed by atoms with Gasteiger partial charge in [0.2, 0.25) is 5.91 Å². The molecule has 2 unspecified atom stereocenters. The maximum absolute atomic E-state index is 12.4. The van der Waals surface area contributed by atoms with Crippen molar-refractivity contribution in [1.82, 2.24) is 24.9 Å². The second kappa shape index (κ2) is 6.87. The van der Waals surface area contributed by atoms with E-state index in [1.54, 1.807) is 7.05 Å². The summed E-state index contributed by atoms with van der Waals surface area (Å²) in [5.74, 6) is 0.127. The smallest absolute Gasteiger partial charge is 0.325 e.